The van der Waals surface area contributed by atoms with E-state index in [0.717, 1.165) is 19.2 Å². The van der Waals surface area contributed by atoms with Crippen LogP contribution >= 0.6 is 11.6 Å². The Morgan fingerprint density at radius 3 is 2.69 bits per heavy atom. The van der Waals surface area contributed by atoms with Gasteiger partial charge in [0.2, 0.25) is 0 Å². The number of hydrogen-bond acceptors (Lipinski definition) is 10. The SMILES string of the molecule is NC(=O)C(=O)OC1CN(C(=O)c2ccc(Nc3nccn4c(-c5cn[nH]c5C(F)(F)F)cnc34)cc2Cl)CCN1[C@H]1CCNC1. The van der Waals surface area contributed by atoms with Crippen molar-refractivity contribution in [3.8, 4) is 11.3 Å². The number of primary amides is 1. The summed E-state index contributed by atoms with van der Waals surface area (Å²) in [6, 6.07) is 4.68. The van der Waals surface area contributed by atoms with E-state index in [0.29, 0.717) is 25.3 Å². The first-order valence-corrected chi connectivity index (χ1v) is 14.1. The van der Waals surface area contributed by atoms with Gasteiger partial charge in [-0.1, -0.05) is 11.6 Å². The number of nitrogens with one attached hydrogen (secondary N) is 3. The van der Waals surface area contributed by atoms with E-state index in [-0.39, 0.29) is 45.9 Å². The largest absolute Gasteiger partial charge is 0.437 e. The summed E-state index contributed by atoms with van der Waals surface area (Å²) in [5.41, 5.74) is 4.94. The van der Waals surface area contributed by atoms with E-state index in [1.807, 2.05) is 10.00 Å². The number of anilines is 2. The Balaban J connectivity index is 1.20. The Labute approximate surface area is 257 Å². The number of carbonyl (C=O) groups is 3. The van der Waals surface area contributed by atoms with E-state index < -0.39 is 35.9 Å². The van der Waals surface area contributed by atoms with Gasteiger partial charge in [-0.05, 0) is 31.2 Å². The second kappa shape index (κ2) is 12.0. The molecule has 5 heterocycles. The van der Waals surface area contributed by atoms with Crippen LogP contribution in [0, 0.1) is 0 Å². The lowest BCUT2D eigenvalue weighted by molar-refractivity contribution is -0.171. The monoisotopic (exact) mass is 646 g/mol. The molecular formula is C27H26ClF3N10O4. The van der Waals surface area contributed by atoms with Gasteiger partial charge in [-0.3, -0.25) is 24.0 Å². The number of halogens is 4. The molecule has 45 heavy (non-hydrogen) atoms. The van der Waals surface area contributed by atoms with Crippen molar-refractivity contribution in [3.05, 3.63) is 59.3 Å². The summed E-state index contributed by atoms with van der Waals surface area (Å²) in [5.74, 6) is -2.59. The number of nitrogens with two attached hydrogens (primary N) is 1. The Kier molecular flexibility index (Phi) is 8.07. The van der Waals surface area contributed by atoms with Gasteiger partial charge >= 0.3 is 18.1 Å². The number of aromatic nitrogens is 5. The molecule has 2 aliphatic rings. The standard InChI is InChI=1S/C27H26ClF3N10O4/c28-18-9-14(37-23-24-35-12-19(41(24)6-5-34-23)17-11-36-38-21(17)27(29,30)31)1-2-16(18)25(43)39-7-8-40(15-3-4-33-10-15)20(13-39)45-26(44)22(32)42/h1-2,5-6,9,11-12,15,20,33H,3-4,7-8,10,13H2,(H2,32,42)(H,34,37)(H,36,38)/t15-,20?/m0/s1. The van der Waals surface area contributed by atoms with Gasteiger partial charge in [0.1, 0.15) is 5.69 Å². The third-order valence-corrected chi connectivity index (χ3v) is 8.01. The molecule has 0 bridgehead atoms. The van der Waals surface area contributed by atoms with Crippen molar-refractivity contribution in [3.63, 3.8) is 0 Å². The molecule has 2 saturated heterocycles. The molecule has 2 atom stereocenters. The van der Waals surface area contributed by atoms with E-state index in [2.05, 4.69) is 25.7 Å². The van der Waals surface area contributed by atoms with Crippen LogP contribution in [-0.2, 0) is 20.5 Å². The van der Waals surface area contributed by atoms with E-state index in [4.69, 9.17) is 22.1 Å². The van der Waals surface area contributed by atoms with Crippen molar-refractivity contribution < 1.29 is 32.3 Å². The first kappa shape index (κ1) is 30.3. The molecule has 5 N–H and O–H groups in total. The molecule has 1 aromatic carbocycles. The zero-order valence-electron chi connectivity index (χ0n) is 23.3. The number of alkyl halides is 3. The van der Waals surface area contributed by atoms with Gasteiger partial charge in [-0.15, -0.1) is 0 Å². The maximum Gasteiger partial charge on any atom is 0.433 e. The topological polar surface area (TPSA) is 176 Å². The highest BCUT2D eigenvalue weighted by Gasteiger charge is 2.39. The lowest BCUT2D eigenvalue weighted by atomic mass is 10.1. The van der Waals surface area contributed by atoms with Gasteiger partial charge in [0, 0.05) is 43.8 Å². The highest BCUT2D eigenvalue weighted by molar-refractivity contribution is 6.34. The fraction of sp³-hybridized carbons (Fsp3) is 0.333. The predicted molar refractivity (Wildman–Crippen MR) is 153 cm³/mol. The van der Waals surface area contributed by atoms with Crippen LogP contribution in [0.2, 0.25) is 5.02 Å². The highest BCUT2D eigenvalue weighted by atomic mass is 35.5. The minimum atomic E-state index is -4.64. The number of esters is 1. The molecule has 18 heteroatoms. The summed E-state index contributed by atoms with van der Waals surface area (Å²) < 4.78 is 47.2. The van der Waals surface area contributed by atoms with E-state index in [9.17, 15) is 27.6 Å². The van der Waals surface area contributed by atoms with Crippen molar-refractivity contribution in [2.75, 3.05) is 38.0 Å². The maximum atomic E-state index is 13.5. The molecule has 0 aliphatic carbocycles. The zero-order valence-corrected chi connectivity index (χ0v) is 24.1. The number of H-pyrrole nitrogens is 1. The number of hydrogen-bond donors (Lipinski definition) is 4. The van der Waals surface area contributed by atoms with E-state index >= 15 is 0 Å². The Morgan fingerprint density at radius 2 is 1.98 bits per heavy atom. The molecule has 0 spiro atoms. The fourth-order valence-electron chi connectivity index (χ4n) is 5.55. The third-order valence-electron chi connectivity index (χ3n) is 7.70. The van der Waals surface area contributed by atoms with Gasteiger partial charge in [0.05, 0.1) is 40.8 Å². The van der Waals surface area contributed by atoms with Crippen molar-refractivity contribution in [2.45, 2.75) is 24.9 Å². The summed E-state index contributed by atoms with van der Waals surface area (Å²) in [6.07, 6.45) is 0.541. The van der Waals surface area contributed by atoms with Crippen LogP contribution in [0.5, 0.6) is 0 Å². The first-order chi connectivity index (χ1) is 21.5. The molecule has 4 aromatic rings. The van der Waals surface area contributed by atoms with Gasteiger partial charge in [-0.2, -0.15) is 18.3 Å². The average molecular weight is 647 g/mol. The number of ether oxygens (including phenoxy) is 1. The number of nitrogens with zero attached hydrogens (tertiary/aromatic N) is 6. The number of fused-ring (bicyclic) bond motifs is 1. The summed E-state index contributed by atoms with van der Waals surface area (Å²) in [5, 5.41) is 11.9. The normalized spacial score (nSPS) is 19.2. The van der Waals surface area contributed by atoms with E-state index in [1.54, 1.807) is 6.07 Å². The quantitative estimate of drug-likeness (QED) is 0.179. The number of piperazine rings is 1. The Hall–Kier alpha value is -4.74. The number of aromatic amines is 1. The van der Waals surface area contributed by atoms with Crippen LogP contribution in [-0.4, -0.2) is 97.1 Å². The molecule has 236 valence electrons. The van der Waals surface area contributed by atoms with Crippen molar-refractivity contribution in [1.29, 1.82) is 0 Å². The summed E-state index contributed by atoms with van der Waals surface area (Å²) in [7, 11) is 0. The van der Waals surface area contributed by atoms with Crippen molar-refractivity contribution >= 4 is 46.5 Å². The lowest BCUT2D eigenvalue weighted by Crippen LogP contribution is -2.60. The summed E-state index contributed by atoms with van der Waals surface area (Å²) in [4.78, 5) is 48.9. The molecular weight excluding hydrogens is 621 g/mol. The molecule has 1 unspecified atom stereocenters. The fourth-order valence-corrected chi connectivity index (χ4v) is 5.81. The van der Waals surface area contributed by atoms with Gasteiger partial charge in [0.15, 0.2) is 17.7 Å². The van der Waals surface area contributed by atoms with Gasteiger partial charge in [0.25, 0.3) is 5.91 Å². The maximum absolute atomic E-state index is 13.5. The van der Waals surface area contributed by atoms with Crippen LogP contribution in [0.4, 0.5) is 24.7 Å². The minimum Gasteiger partial charge on any atom is -0.437 e. The first-order valence-electron chi connectivity index (χ1n) is 13.8. The second-order valence-corrected chi connectivity index (χ2v) is 10.9. The number of benzene rings is 1. The zero-order chi connectivity index (χ0) is 31.9. The molecule has 14 nitrogen and oxygen atoms in total. The third kappa shape index (κ3) is 6.01. The number of imidazole rings is 1. The van der Waals surface area contributed by atoms with E-state index in [1.165, 1.54) is 40.0 Å². The van der Waals surface area contributed by atoms with Gasteiger partial charge in [-0.25, -0.2) is 14.8 Å². The van der Waals surface area contributed by atoms with Crippen LogP contribution in [0.15, 0.2) is 43.0 Å². The van der Waals surface area contributed by atoms with Crippen LogP contribution in [0.1, 0.15) is 22.5 Å². The second-order valence-electron chi connectivity index (χ2n) is 10.4. The molecule has 2 aliphatic heterocycles. The summed E-state index contributed by atoms with van der Waals surface area (Å²) >= 11 is 6.54. The molecule has 2 amide bonds. The molecule has 3 aromatic heterocycles. The molecule has 6 rings (SSSR count). The molecule has 0 radical (unpaired) electrons. The smallest absolute Gasteiger partial charge is 0.433 e. The number of amides is 2. The van der Waals surface area contributed by atoms with Crippen LogP contribution < -0.4 is 16.4 Å². The van der Waals surface area contributed by atoms with Crippen molar-refractivity contribution in [2.24, 2.45) is 5.73 Å². The highest BCUT2D eigenvalue weighted by Crippen LogP contribution is 2.36. The molecule has 0 saturated carbocycles. The van der Waals surface area contributed by atoms with Crippen molar-refractivity contribution in [1.82, 2.24) is 39.7 Å². The van der Waals surface area contributed by atoms with Gasteiger partial charge < -0.3 is 26.0 Å². The average Bonchev–Trinajstić information content (AvgIpc) is 3.78. The molecule has 2 fully saturated rings. The van der Waals surface area contributed by atoms with Crippen LogP contribution in [0.25, 0.3) is 16.9 Å². The Bertz CT molecular complexity index is 1770. The minimum absolute atomic E-state index is 0.00549. The number of carbonyl (C=O) groups excluding carboxylic acids is 3. The van der Waals surface area contributed by atoms with Crippen LogP contribution in [0.3, 0.4) is 0 Å². The predicted octanol–water partition coefficient (Wildman–Crippen LogP) is 2.01. The lowest BCUT2D eigenvalue weighted by Gasteiger charge is -2.43. The summed E-state index contributed by atoms with van der Waals surface area (Å²) in [6.45, 7) is 2.21. The Morgan fingerprint density at radius 1 is 1.16 bits per heavy atom. The number of rotatable bonds is 6.